The Labute approximate surface area is 147 Å². The summed E-state index contributed by atoms with van der Waals surface area (Å²) in [5.41, 5.74) is 6.85. The maximum Gasteiger partial charge on any atom is 0.250 e. The van der Waals surface area contributed by atoms with Gasteiger partial charge in [-0.05, 0) is 30.7 Å². The van der Waals surface area contributed by atoms with E-state index in [0.29, 0.717) is 23.5 Å². The molecule has 4 N–H and O–H groups in total. The number of benzene rings is 2. The van der Waals surface area contributed by atoms with Crippen LogP contribution in [0.4, 0.5) is 11.4 Å². The standard InChI is InChI=1S/C19H23N3O3/c1-2-3-11-25-15-8-6-7-14(12-15)22-18(23)13-21-17-10-5-4-9-16(17)19(20)24/h4-10,12,21H,2-3,11,13H2,1H3,(H2,20,24)(H,22,23). The Morgan fingerprint density at radius 1 is 1.12 bits per heavy atom. The SMILES string of the molecule is CCCCOc1cccc(NC(=O)CNc2ccccc2C(N)=O)c1. The van der Waals surface area contributed by atoms with Gasteiger partial charge in [-0.15, -0.1) is 0 Å². The molecule has 0 aliphatic rings. The third kappa shape index (κ3) is 5.84. The summed E-state index contributed by atoms with van der Waals surface area (Å²) in [6, 6.07) is 14.1. The molecule has 0 bridgehead atoms. The van der Waals surface area contributed by atoms with Gasteiger partial charge in [-0.1, -0.05) is 31.5 Å². The number of rotatable bonds is 9. The number of carbonyl (C=O) groups is 2. The van der Waals surface area contributed by atoms with Crippen LogP contribution in [0.3, 0.4) is 0 Å². The van der Waals surface area contributed by atoms with Crippen LogP contribution < -0.4 is 21.1 Å². The summed E-state index contributed by atoms with van der Waals surface area (Å²) in [6.45, 7) is 2.77. The van der Waals surface area contributed by atoms with E-state index in [-0.39, 0.29) is 12.5 Å². The van der Waals surface area contributed by atoms with Crippen LogP contribution in [-0.2, 0) is 4.79 Å². The van der Waals surface area contributed by atoms with E-state index in [0.717, 1.165) is 18.6 Å². The zero-order valence-corrected chi connectivity index (χ0v) is 14.2. The van der Waals surface area contributed by atoms with E-state index < -0.39 is 5.91 Å². The van der Waals surface area contributed by atoms with Gasteiger partial charge >= 0.3 is 0 Å². The van der Waals surface area contributed by atoms with Gasteiger partial charge in [0, 0.05) is 17.4 Å². The summed E-state index contributed by atoms with van der Waals surface area (Å²) in [6.07, 6.45) is 2.05. The average Bonchev–Trinajstić information content (AvgIpc) is 2.61. The highest BCUT2D eigenvalue weighted by molar-refractivity contribution is 6.00. The summed E-state index contributed by atoms with van der Waals surface area (Å²) in [7, 11) is 0. The Kier molecular flexibility index (Phi) is 6.83. The van der Waals surface area contributed by atoms with Crippen molar-refractivity contribution < 1.29 is 14.3 Å². The number of unbranched alkanes of at least 4 members (excludes halogenated alkanes) is 1. The molecule has 2 aromatic carbocycles. The Bertz CT molecular complexity index is 731. The van der Waals surface area contributed by atoms with Crippen LogP contribution in [0.25, 0.3) is 0 Å². The van der Waals surface area contributed by atoms with Crippen molar-refractivity contribution >= 4 is 23.2 Å². The molecule has 0 saturated carbocycles. The molecule has 0 atom stereocenters. The zero-order chi connectivity index (χ0) is 18.1. The molecule has 0 spiro atoms. The highest BCUT2D eigenvalue weighted by Crippen LogP contribution is 2.18. The summed E-state index contributed by atoms with van der Waals surface area (Å²) in [5, 5.41) is 5.72. The molecule has 0 radical (unpaired) electrons. The molecule has 0 saturated heterocycles. The van der Waals surface area contributed by atoms with Gasteiger partial charge in [-0.3, -0.25) is 9.59 Å². The first-order valence-electron chi connectivity index (χ1n) is 8.25. The smallest absolute Gasteiger partial charge is 0.250 e. The van der Waals surface area contributed by atoms with Gasteiger partial charge in [-0.25, -0.2) is 0 Å². The Morgan fingerprint density at radius 3 is 2.68 bits per heavy atom. The first-order valence-corrected chi connectivity index (χ1v) is 8.25. The zero-order valence-electron chi connectivity index (χ0n) is 14.2. The number of hydrogen-bond donors (Lipinski definition) is 3. The predicted octanol–water partition coefficient (Wildman–Crippen LogP) is 3.02. The molecule has 2 aromatic rings. The molecule has 0 fully saturated rings. The number of hydrogen-bond acceptors (Lipinski definition) is 4. The third-order valence-electron chi connectivity index (χ3n) is 3.52. The van der Waals surface area contributed by atoms with E-state index in [2.05, 4.69) is 17.6 Å². The fourth-order valence-corrected chi connectivity index (χ4v) is 2.23. The number of nitrogens with one attached hydrogen (secondary N) is 2. The summed E-state index contributed by atoms with van der Waals surface area (Å²) in [4.78, 5) is 23.5. The van der Waals surface area contributed by atoms with Crippen molar-refractivity contribution in [1.82, 2.24) is 0 Å². The highest BCUT2D eigenvalue weighted by Gasteiger charge is 2.09. The average molecular weight is 341 g/mol. The summed E-state index contributed by atoms with van der Waals surface area (Å²) >= 11 is 0. The monoisotopic (exact) mass is 341 g/mol. The van der Waals surface area contributed by atoms with Crippen molar-refractivity contribution in [2.24, 2.45) is 5.73 Å². The van der Waals surface area contributed by atoms with Crippen LogP contribution in [0, 0.1) is 0 Å². The maximum atomic E-state index is 12.1. The number of primary amides is 1. The van der Waals surface area contributed by atoms with Crippen molar-refractivity contribution in [3.8, 4) is 5.75 Å². The lowest BCUT2D eigenvalue weighted by atomic mass is 10.1. The van der Waals surface area contributed by atoms with Gasteiger partial charge in [-0.2, -0.15) is 0 Å². The molecule has 0 aliphatic carbocycles. The molecule has 25 heavy (non-hydrogen) atoms. The number of para-hydroxylation sites is 1. The van der Waals surface area contributed by atoms with Crippen LogP contribution >= 0.6 is 0 Å². The molecule has 132 valence electrons. The molecule has 0 aliphatic heterocycles. The van der Waals surface area contributed by atoms with Gasteiger partial charge in [0.2, 0.25) is 5.91 Å². The highest BCUT2D eigenvalue weighted by atomic mass is 16.5. The van der Waals surface area contributed by atoms with E-state index in [1.807, 2.05) is 12.1 Å². The van der Waals surface area contributed by atoms with E-state index in [4.69, 9.17) is 10.5 Å². The van der Waals surface area contributed by atoms with Gasteiger partial charge in [0.15, 0.2) is 0 Å². The number of ether oxygens (including phenoxy) is 1. The van der Waals surface area contributed by atoms with Crippen molar-refractivity contribution in [3.63, 3.8) is 0 Å². The Hall–Kier alpha value is -3.02. The quantitative estimate of drug-likeness (QED) is 0.611. The lowest BCUT2D eigenvalue weighted by Gasteiger charge is -2.11. The lowest BCUT2D eigenvalue weighted by molar-refractivity contribution is -0.114. The Morgan fingerprint density at radius 2 is 1.92 bits per heavy atom. The Balaban J connectivity index is 1.90. The maximum absolute atomic E-state index is 12.1. The number of nitrogens with two attached hydrogens (primary N) is 1. The summed E-state index contributed by atoms with van der Waals surface area (Å²) in [5.74, 6) is -0.0521. The van der Waals surface area contributed by atoms with Crippen LogP contribution in [0.15, 0.2) is 48.5 Å². The minimum atomic E-state index is -0.541. The van der Waals surface area contributed by atoms with Crippen LogP contribution in [0.1, 0.15) is 30.1 Å². The fraction of sp³-hybridized carbons (Fsp3) is 0.263. The van der Waals surface area contributed by atoms with Gasteiger partial charge in [0.1, 0.15) is 5.75 Å². The lowest BCUT2D eigenvalue weighted by Crippen LogP contribution is -2.23. The van der Waals surface area contributed by atoms with E-state index in [1.54, 1.807) is 36.4 Å². The van der Waals surface area contributed by atoms with E-state index in [1.165, 1.54) is 0 Å². The molecule has 6 nitrogen and oxygen atoms in total. The molecule has 0 aromatic heterocycles. The molecule has 6 heteroatoms. The number of anilines is 2. The van der Waals surface area contributed by atoms with Crippen molar-refractivity contribution in [2.75, 3.05) is 23.8 Å². The fourth-order valence-electron chi connectivity index (χ4n) is 2.23. The van der Waals surface area contributed by atoms with Crippen molar-refractivity contribution in [2.45, 2.75) is 19.8 Å². The molecule has 0 heterocycles. The second-order valence-electron chi connectivity index (χ2n) is 5.54. The second kappa shape index (κ2) is 9.32. The minimum Gasteiger partial charge on any atom is -0.494 e. The van der Waals surface area contributed by atoms with E-state index >= 15 is 0 Å². The second-order valence-corrected chi connectivity index (χ2v) is 5.54. The van der Waals surface area contributed by atoms with Gasteiger partial charge in [0.05, 0.1) is 18.7 Å². The minimum absolute atomic E-state index is 0.0191. The van der Waals surface area contributed by atoms with Crippen LogP contribution in [0.5, 0.6) is 5.75 Å². The van der Waals surface area contributed by atoms with Crippen LogP contribution in [-0.4, -0.2) is 25.0 Å². The van der Waals surface area contributed by atoms with Crippen molar-refractivity contribution in [1.29, 1.82) is 0 Å². The normalized spacial score (nSPS) is 10.1. The largest absolute Gasteiger partial charge is 0.494 e. The molecule has 2 amide bonds. The number of carbonyl (C=O) groups excluding carboxylic acids is 2. The van der Waals surface area contributed by atoms with Crippen molar-refractivity contribution in [3.05, 3.63) is 54.1 Å². The topological polar surface area (TPSA) is 93.4 Å². The molecular weight excluding hydrogens is 318 g/mol. The van der Waals surface area contributed by atoms with E-state index in [9.17, 15) is 9.59 Å². The first-order chi connectivity index (χ1) is 12.1. The van der Waals surface area contributed by atoms with Gasteiger partial charge < -0.3 is 21.1 Å². The van der Waals surface area contributed by atoms with Gasteiger partial charge in [0.25, 0.3) is 5.91 Å². The van der Waals surface area contributed by atoms with Crippen LogP contribution in [0.2, 0.25) is 0 Å². The first kappa shape index (κ1) is 18.3. The third-order valence-corrected chi connectivity index (χ3v) is 3.52. The molecular formula is C19H23N3O3. The molecule has 2 rings (SSSR count). The number of amides is 2. The summed E-state index contributed by atoms with van der Waals surface area (Å²) < 4.78 is 5.62. The predicted molar refractivity (Wildman–Crippen MR) is 98.9 cm³/mol. The molecule has 0 unspecified atom stereocenters.